The molecule has 0 N–H and O–H groups in total. The largest absolute Gasteiger partial charge is 0.311 e. The standard InChI is InChI=1S/C63H61BN2S2/c1-36-37(2)67-58-44(36)18-16-19-45(58)38-31-53-56-54(32-38)66(43-28-23-40(24-29-43)61(6,7)8)57-48-34-47-46-17-14-15-20-49(46)63(12,13)50(47)35-55(48)68-59(57)64(56)51-33-41(62(9,10)11)25-30-52(51)65(53)42-26-21-39(22-27-42)60(3,4)5/h14-35H,1-13H3. The lowest BCUT2D eigenvalue weighted by Crippen LogP contribution is -2.60. The van der Waals surface area contributed by atoms with E-state index < -0.39 is 0 Å². The van der Waals surface area contributed by atoms with Crippen molar-refractivity contribution in [2.75, 3.05) is 9.80 Å². The fraction of sp³-hybridized carbons (Fsp3) is 0.270. The van der Waals surface area contributed by atoms with Gasteiger partial charge in [0.1, 0.15) is 0 Å². The van der Waals surface area contributed by atoms with Gasteiger partial charge in [-0.15, -0.1) is 22.7 Å². The first-order valence-electron chi connectivity index (χ1n) is 24.5. The summed E-state index contributed by atoms with van der Waals surface area (Å²) < 4.78 is 4.12. The molecular weight excluding hydrogens is 860 g/mol. The van der Waals surface area contributed by atoms with Crippen LogP contribution >= 0.6 is 22.7 Å². The highest BCUT2D eigenvalue weighted by Gasteiger charge is 2.47. The van der Waals surface area contributed by atoms with Crippen molar-refractivity contribution >= 4 is 99.4 Å². The highest BCUT2D eigenvalue weighted by atomic mass is 32.1. The van der Waals surface area contributed by atoms with Gasteiger partial charge in [0.25, 0.3) is 6.71 Å². The highest BCUT2D eigenvalue weighted by Crippen LogP contribution is 2.55. The van der Waals surface area contributed by atoms with Crippen LogP contribution in [0.25, 0.3) is 42.4 Å². The third-order valence-electron chi connectivity index (χ3n) is 15.7. The third kappa shape index (κ3) is 6.34. The van der Waals surface area contributed by atoms with Crippen molar-refractivity contribution in [3.63, 3.8) is 0 Å². The molecular formula is C63H61BN2S2. The summed E-state index contributed by atoms with van der Waals surface area (Å²) in [5, 5.41) is 2.68. The average molecular weight is 921 g/mol. The van der Waals surface area contributed by atoms with E-state index in [2.05, 4.69) is 233 Å². The lowest BCUT2D eigenvalue weighted by atomic mass is 9.36. The molecule has 0 amide bonds. The van der Waals surface area contributed by atoms with Crippen LogP contribution < -0.4 is 25.5 Å². The van der Waals surface area contributed by atoms with E-state index in [1.807, 2.05) is 22.7 Å². The Morgan fingerprint density at radius 2 is 1.09 bits per heavy atom. The number of nitrogens with zero attached hydrogens (tertiary/aromatic N) is 2. The first-order chi connectivity index (χ1) is 32.2. The molecule has 0 radical (unpaired) electrons. The third-order valence-corrected chi connectivity index (χ3v) is 18.2. The molecule has 1 aliphatic carbocycles. The summed E-state index contributed by atoms with van der Waals surface area (Å²) >= 11 is 3.95. The molecule has 0 bridgehead atoms. The molecule has 0 spiro atoms. The lowest BCUT2D eigenvalue weighted by Gasteiger charge is -2.44. The second kappa shape index (κ2) is 14.6. The number of rotatable bonds is 3. The van der Waals surface area contributed by atoms with Gasteiger partial charge >= 0.3 is 0 Å². The summed E-state index contributed by atoms with van der Waals surface area (Å²) in [6.07, 6.45) is 0. The van der Waals surface area contributed by atoms with E-state index in [1.165, 1.54) is 131 Å². The van der Waals surface area contributed by atoms with E-state index in [1.54, 1.807) is 0 Å². The van der Waals surface area contributed by atoms with E-state index >= 15 is 0 Å². The molecule has 0 saturated carbocycles. The van der Waals surface area contributed by atoms with Crippen LogP contribution in [-0.2, 0) is 21.7 Å². The van der Waals surface area contributed by atoms with Crippen LogP contribution in [0.1, 0.15) is 114 Å². The van der Waals surface area contributed by atoms with Crippen LogP contribution in [0.4, 0.5) is 34.1 Å². The topological polar surface area (TPSA) is 6.48 Å². The molecule has 2 nitrogen and oxygen atoms in total. The molecule has 9 aromatic rings. The number of hydrogen-bond donors (Lipinski definition) is 0. The zero-order valence-corrected chi connectivity index (χ0v) is 43.6. The predicted octanol–water partition coefficient (Wildman–Crippen LogP) is 16.7. The van der Waals surface area contributed by atoms with Crippen molar-refractivity contribution in [1.29, 1.82) is 0 Å². The van der Waals surface area contributed by atoms with Crippen molar-refractivity contribution in [2.45, 2.75) is 112 Å². The van der Waals surface area contributed by atoms with Crippen molar-refractivity contribution in [1.82, 2.24) is 0 Å². The summed E-state index contributed by atoms with van der Waals surface area (Å²) in [5.41, 5.74) is 23.6. The van der Waals surface area contributed by atoms with Gasteiger partial charge < -0.3 is 9.80 Å². The smallest absolute Gasteiger partial charge is 0.264 e. The van der Waals surface area contributed by atoms with Gasteiger partial charge in [-0.1, -0.05) is 155 Å². The Labute approximate surface area is 412 Å². The van der Waals surface area contributed by atoms with Crippen LogP contribution in [0.15, 0.2) is 133 Å². The van der Waals surface area contributed by atoms with Gasteiger partial charge in [-0.2, -0.15) is 0 Å². The molecule has 7 aromatic carbocycles. The van der Waals surface area contributed by atoms with E-state index in [0.29, 0.717) is 0 Å². The molecule has 3 aliphatic rings. The lowest BCUT2D eigenvalue weighted by molar-refractivity contribution is 0.590. The molecule has 5 heteroatoms. The van der Waals surface area contributed by atoms with Crippen molar-refractivity contribution < 1.29 is 0 Å². The molecule has 0 fully saturated rings. The van der Waals surface area contributed by atoms with Gasteiger partial charge in [0.15, 0.2) is 0 Å². The van der Waals surface area contributed by atoms with Gasteiger partial charge in [0.2, 0.25) is 0 Å². The summed E-state index contributed by atoms with van der Waals surface area (Å²) in [6, 6.07) is 52.6. The Morgan fingerprint density at radius 1 is 0.500 bits per heavy atom. The van der Waals surface area contributed by atoms with Crippen LogP contribution in [0.2, 0.25) is 0 Å². The molecule has 68 heavy (non-hydrogen) atoms. The second-order valence-electron chi connectivity index (χ2n) is 23.5. The van der Waals surface area contributed by atoms with Crippen molar-refractivity contribution in [2.24, 2.45) is 0 Å². The predicted molar refractivity (Wildman–Crippen MR) is 300 cm³/mol. The summed E-state index contributed by atoms with van der Waals surface area (Å²) in [6.45, 7) is 30.4. The van der Waals surface area contributed by atoms with Crippen molar-refractivity contribution in [3.05, 3.63) is 172 Å². The molecule has 0 saturated heterocycles. The molecule has 12 rings (SSSR count). The summed E-state index contributed by atoms with van der Waals surface area (Å²) in [7, 11) is 0. The molecule has 0 atom stereocenters. The Balaban J connectivity index is 1.23. The zero-order chi connectivity index (χ0) is 47.6. The first-order valence-corrected chi connectivity index (χ1v) is 26.2. The van der Waals surface area contributed by atoms with Gasteiger partial charge in [-0.05, 0) is 157 Å². The Hall–Kier alpha value is -5.88. The number of benzene rings is 7. The summed E-state index contributed by atoms with van der Waals surface area (Å²) in [5.74, 6) is 0. The maximum Gasteiger partial charge on any atom is 0.264 e. The minimum atomic E-state index is -0.0975. The van der Waals surface area contributed by atoms with Gasteiger partial charge in [-0.3, -0.25) is 0 Å². The highest BCUT2D eigenvalue weighted by molar-refractivity contribution is 7.33. The SMILES string of the molecule is Cc1sc2c(-c3cc4c5c(c3)N(c3ccc(C(C)(C)C)cc3)c3c(sc6cc7c(cc36)-c3ccccc3C7(C)C)B5c3cc(C(C)(C)C)ccc3N4c3ccc(C(C)(C)C)cc3)cccc2c1C. The molecule has 2 aliphatic heterocycles. The van der Waals surface area contributed by atoms with Crippen LogP contribution in [0, 0.1) is 13.8 Å². The first kappa shape index (κ1) is 43.4. The second-order valence-corrected chi connectivity index (χ2v) is 25.8. The Bertz CT molecular complexity index is 3560. The quantitative estimate of drug-likeness (QED) is 0.163. The van der Waals surface area contributed by atoms with E-state index in [9.17, 15) is 0 Å². The number of aryl methyl sites for hydroxylation is 2. The van der Waals surface area contributed by atoms with Gasteiger partial charge in [-0.25, -0.2) is 0 Å². The Kier molecular flexibility index (Phi) is 9.30. The maximum absolute atomic E-state index is 2.67. The van der Waals surface area contributed by atoms with Crippen LogP contribution in [0.3, 0.4) is 0 Å². The zero-order valence-electron chi connectivity index (χ0n) is 42.0. The average Bonchev–Trinajstić information content (AvgIpc) is 3.89. The normalized spacial score (nSPS) is 14.9. The monoisotopic (exact) mass is 920 g/mol. The fourth-order valence-corrected chi connectivity index (χ4v) is 14.2. The number of hydrogen-bond acceptors (Lipinski definition) is 4. The molecule has 338 valence electrons. The maximum atomic E-state index is 2.67. The van der Waals surface area contributed by atoms with Crippen molar-refractivity contribution in [3.8, 4) is 22.3 Å². The number of fused-ring (bicyclic) bond motifs is 10. The number of anilines is 6. The van der Waals surface area contributed by atoms with Gasteiger partial charge in [0.05, 0.1) is 5.69 Å². The van der Waals surface area contributed by atoms with E-state index in [4.69, 9.17) is 0 Å². The fourth-order valence-electron chi connectivity index (χ4n) is 11.7. The minimum absolute atomic E-state index is 0.0195. The molecule has 2 aromatic heterocycles. The van der Waals surface area contributed by atoms with E-state index in [-0.39, 0.29) is 28.4 Å². The van der Waals surface area contributed by atoms with E-state index in [0.717, 1.165) is 0 Å². The number of thiophene rings is 2. The van der Waals surface area contributed by atoms with Gasteiger partial charge in [0, 0.05) is 58.3 Å². The van der Waals surface area contributed by atoms with Crippen LogP contribution in [0.5, 0.6) is 0 Å². The van der Waals surface area contributed by atoms with Crippen LogP contribution in [-0.4, -0.2) is 6.71 Å². The Morgan fingerprint density at radius 3 is 1.74 bits per heavy atom. The molecule has 0 unspecified atom stereocenters. The summed E-state index contributed by atoms with van der Waals surface area (Å²) in [4.78, 5) is 6.65. The molecule has 4 heterocycles. The minimum Gasteiger partial charge on any atom is -0.311 e.